The Morgan fingerprint density at radius 1 is 0.971 bits per heavy atom. The predicted molar refractivity (Wildman–Crippen MR) is 125 cm³/mol. The fourth-order valence-corrected chi connectivity index (χ4v) is 5.72. The van der Waals surface area contributed by atoms with Gasteiger partial charge in [-0.2, -0.15) is 15.2 Å². The van der Waals surface area contributed by atoms with Crippen LogP contribution < -0.4 is 15.1 Å². The summed E-state index contributed by atoms with van der Waals surface area (Å²) in [6, 6.07) is 6.41. The topological polar surface area (TPSA) is 75.0 Å². The maximum Gasteiger partial charge on any atom is 0.244 e. The highest BCUT2D eigenvalue weighted by Gasteiger charge is 2.43. The van der Waals surface area contributed by atoms with Crippen molar-refractivity contribution >= 4 is 23.3 Å². The van der Waals surface area contributed by atoms with E-state index in [1.165, 1.54) is 25.0 Å². The van der Waals surface area contributed by atoms with Gasteiger partial charge in [-0.15, -0.1) is 5.10 Å². The maximum absolute atomic E-state index is 13.9. The SMILES string of the molecule is Cc1cc(N2C[C@H]3CC[C@@H](C2)[C@H]3Nc2nc3n(n2)CCCCN3c2ccc(F)c(F)c2)cnn1. The van der Waals surface area contributed by atoms with Crippen molar-refractivity contribution in [3.63, 3.8) is 0 Å². The third-order valence-electron chi connectivity index (χ3n) is 7.37. The summed E-state index contributed by atoms with van der Waals surface area (Å²) in [6.45, 7) is 5.34. The zero-order valence-corrected chi connectivity index (χ0v) is 19.2. The van der Waals surface area contributed by atoms with E-state index in [2.05, 4.69) is 26.5 Å². The molecule has 6 rings (SSSR count). The quantitative estimate of drug-likeness (QED) is 0.625. The summed E-state index contributed by atoms with van der Waals surface area (Å²) in [7, 11) is 0. The van der Waals surface area contributed by atoms with Crippen LogP contribution in [-0.2, 0) is 6.54 Å². The number of rotatable bonds is 4. The molecule has 2 aromatic heterocycles. The molecule has 1 N–H and O–H groups in total. The van der Waals surface area contributed by atoms with E-state index in [4.69, 9.17) is 10.1 Å². The molecule has 0 amide bonds. The number of aromatic nitrogens is 5. The Balaban J connectivity index is 1.22. The number of fused-ring (bicyclic) bond motifs is 3. The molecule has 0 radical (unpaired) electrons. The molecule has 2 aliphatic heterocycles. The zero-order chi connectivity index (χ0) is 23.2. The first-order chi connectivity index (χ1) is 16.5. The first-order valence-corrected chi connectivity index (χ1v) is 12.0. The number of aryl methyl sites for hydroxylation is 2. The molecule has 4 heterocycles. The summed E-state index contributed by atoms with van der Waals surface area (Å²) in [5, 5.41) is 16.6. The molecular weight excluding hydrogens is 438 g/mol. The Bertz CT molecular complexity index is 1180. The fraction of sp³-hybridized carbons (Fsp3) is 0.500. The normalized spacial score (nSPS) is 24.1. The van der Waals surface area contributed by atoms with Crippen LogP contribution in [0.2, 0.25) is 0 Å². The van der Waals surface area contributed by atoms with Gasteiger partial charge in [-0.1, -0.05) is 0 Å². The van der Waals surface area contributed by atoms with E-state index in [0.29, 0.717) is 42.0 Å². The lowest BCUT2D eigenvalue weighted by Gasteiger charge is -2.39. The van der Waals surface area contributed by atoms with Crippen LogP contribution in [0.5, 0.6) is 0 Å². The van der Waals surface area contributed by atoms with E-state index in [1.807, 2.05) is 22.7 Å². The van der Waals surface area contributed by atoms with E-state index >= 15 is 0 Å². The lowest BCUT2D eigenvalue weighted by Crippen LogP contribution is -2.48. The molecule has 8 nitrogen and oxygen atoms in total. The van der Waals surface area contributed by atoms with Gasteiger partial charge in [0, 0.05) is 44.0 Å². The van der Waals surface area contributed by atoms with Crippen molar-refractivity contribution in [3.05, 3.63) is 47.8 Å². The van der Waals surface area contributed by atoms with Crippen molar-refractivity contribution in [1.82, 2.24) is 25.0 Å². The maximum atomic E-state index is 13.9. The fourth-order valence-electron chi connectivity index (χ4n) is 5.72. The van der Waals surface area contributed by atoms with Crippen LogP contribution >= 0.6 is 0 Å². The third-order valence-corrected chi connectivity index (χ3v) is 7.37. The standard InChI is InChI=1S/C24H28F2N8/c1-15-10-19(12-27-30-15)32-13-16-4-5-17(14-32)22(16)28-23-29-24-33(8-2-3-9-34(24)31-23)18-6-7-20(25)21(26)11-18/h6-7,10-12,16-17,22H,2-5,8-9,13-14H2,1H3,(H,28,31)/t16-,17+,22+. The molecule has 3 aliphatic rings. The number of piperidine rings is 1. The van der Waals surface area contributed by atoms with Gasteiger partial charge in [-0.05, 0) is 62.6 Å². The molecule has 2 bridgehead atoms. The molecule has 3 atom stereocenters. The van der Waals surface area contributed by atoms with E-state index in [0.717, 1.165) is 43.9 Å². The smallest absolute Gasteiger partial charge is 0.244 e. The second kappa shape index (κ2) is 8.48. The summed E-state index contributed by atoms with van der Waals surface area (Å²) in [6.07, 6.45) is 6.08. The largest absolute Gasteiger partial charge is 0.369 e. The van der Waals surface area contributed by atoms with Crippen molar-refractivity contribution in [2.24, 2.45) is 11.8 Å². The van der Waals surface area contributed by atoms with E-state index in [1.54, 1.807) is 6.07 Å². The van der Waals surface area contributed by atoms with Crippen molar-refractivity contribution in [2.45, 2.75) is 45.2 Å². The van der Waals surface area contributed by atoms with Crippen LogP contribution in [0.3, 0.4) is 0 Å². The Morgan fingerprint density at radius 2 is 1.76 bits per heavy atom. The minimum absolute atomic E-state index is 0.315. The molecule has 1 saturated heterocycles. The summed E-state index contributed by atoms with van der Waals surface area (Å²) in [4.78, 5) is 9.17. The molecule has 1 aromatic carbocycles. The Morgan fingerprint density at radius 3 is 2.53 bits per heavy atom. The molecule has 2 fully saturated rings. The highest BCUT2D eigenvalue weighted by atomic mass is 19.2. The minimum atomic E-state index is -0.853. The summed E-state index contributed by atoms with van der Waals surface area (Å²) < 4.78 is 29.3. The van der Waals surface area contributed by atoms with Crippen molar-refractivity contribution in [2.75, 3.05) is 34.8 Å². The van der Waals surface area contributed by atoms with Crippen LogP contribution in [0.15, 0.2) is 30.5 Å². The highest BCUT2D eigenvalue weighted by Crippen LogP contribution is 2.40. The lowest BCUT2D eigenvalue weighted by atomic mass is 9.92. The highest BCUT2D eigenvalue weighted by molar-refractivity contribution is 5.59. The predicted octanol–water partition coefficient (Wildman–Crippen LogP) is 3.91. The molecule has 34 heavy (non-hydrogen) atoms. The molecule has 1 saturated carbocycles. The van der Waals surface area contributed by atoms with Gasteiger partial charge in [0.05, 0.1) is 17.6 Å². The molecule has 3 aromatic rings. The first kappa shape index (κ1) is 21.2. The van der Waals surface area contributed by atoms with Gasteiger partial charge in [-0.25, -0.2) is 13.5 Å². The monoisotopic (exact) mass is 466 g/mol. The number of halogens is 2. The lowest BCUT2D eigenvalue weighted by molar-refractivity contribution is 0.376. The van der Waals surface area contributed by atoms with Crippen molar-refractivity contribution in [1.29, 1.82) is 0 Å². The van der Waals surface area contributed by atoms with E-state index in [-0.39, 0.29) is 0 Å². The van der Waals surface area contributed by atoms with Gasteiger partial charge in [-0.3, -0.25) is 0 Å². The van der Waals surface area contributed by atoms with Crippen LogP contribution in [0.4, 0.5) is 32.1 Å². The number of hydrogen-bond acceptors (Lipinski definition) is 7. The molecule has 0 spiro atoms. The van der Waals surface area contributed by atoms with Crippen molar-refractivity contribution in [3.8, 4) is 0 Å². The number of nitrogens with one attached hydrogen (secondary N) is 1. The van der Waals surface area contributed by atoms with Crippen LogP contribution in [0, 0.1) is 30.4 Å². The number of benzene rings is 1. The number of anilines is 4. The summed E-state index contributed by atoms with van der Waals surface area (Å²) >= 11 is 0. The van der Waals surface area contributed by atoms with Crippen LogP contribution in [0.1, 0.15) is 31.4 Å². The summed E-state index contributed by atoms with van der Waals surface area (Å²) in [5.41, 5.74) is 2.66. The van der Waals surface area contributed by atoms with Crippen LogP contribution in [0.25, 0.3) is 0 Å². The molecular formula is C24H28F2N8. The number of nitrogens with zero attached hydrogens (tertiary/aromatic N) is 7. The van der Waals surface area contributed by atoms with Gasteiger partial charge < -0.3 is 15.1 Å². The zero-order valence-electron chi connectivity index (χ0n) is 19.2. The average Bonchev–Trinajstić information content (AvgIpc) is 3.23. The van der Waals surface area contributed by atoms with Crippen LogP contribution in [-0.4, -0.2) is 50.6 Å². The van der Waals surface area contributed by atoms with Gasteiger partial charge in [0.2, 0.25) is 11.9 Å². The van der Waals surface area contributed by atoms with Crippen molar-refractivity contribution < 1.29 is 8.78 Å². The number of hydrogen-bond donors (Lipinski definition) is 1. The second-order valence-electron chi connectivity index (χ2n) is 9.64. The molecule has 178 valence electrons. The Kier molecular flexibility index (Phi) is 5.30. The average molecular weight is 467 g/mol. The van der Waals surface area contributed by atoms with Gasteiger partial charge in [0.1, 0.15) is 0 Å². The van der Waals surface area contributed by atoms with Gasteiger partial charge in [0.15, 0.2) is 11.6 Å². The minimum Gasteiger partial charge on any atom is -0.369 e. The first-order valence-electron chi connectivity index (χ1n) is 12.0. The van der Waals surface area contributed by atoms with Gasteiger partial charge in [0.25, 0.3) is 0 Å². The summed E-state index contributed by atoms with van der Waals surface area (Å²) in [5.74, 6) is 0.585. The van der Waals surface area contributed by atoms with E-state index < -0.39 is 11.6 Å². The third kappa shape index (κ3) is 3.84. The second-order valence-corrected chi connectivity index (χ2v) is 9.64. The van der Waals surface area contributed by atoms with Gasteiger partial charge >= 0.3 is 0 Å². The Labute approximate surface area is 197 Å². The molecule has 0 unspecified atom stereocenters. The molecule has 1 aliphatic carbocycles. The molecule has 10 heteroatoms. The Hall–Kier alpha value is -3.30. The van der Waals surface area contributed by atoms with E-state index in [9.17, 15) is 8.78 Å².